The summed E-state index contributed by atoms with van der Waals surface area (Å²) >= 11 is 3.19. The second-order valence-corrected chi connectivity index (χ2v) is 6.59. The van der Waals surface area contributed by atoms with E-state index in [-0.39, 0.29) is 11.4 Å². The van der Waals surface area contributed by atoms with Crippen molar-refractivity contribution >= 4 is 31.6 Å². The van der Waals surface area contributed by atoms with Crippen LogP contribution >= 0.6 is 15.9 Å². The lowest BCUT2D eigenvalue weighted by molar-refractivity contribution is 0.581. The second-order valence-electron chi connectivity index (χ2n) is 3.91. The summed E-state index contributed by atoms with van der Waals surface area (Å²) in [6.45, 7) is 0.180. The van der Waals surface area contributed by atoms with E-state index in [9.17, 15) is 8.42 Å². The van der Waals surface area contributed by atoms with Gasteiger partial charge in [0.05, 0.1) is 0 Å². The van der Waals surface area contributed by atoms with Crippen molar-refractivity contribution in [1.82, 2.24) is 9.71 Å². The second kappa shape index (κ2) is 5.68. The number of hydrogen-bond acceptors (Lipinski definition) is 4. The summed E-state index contributed by atoms with van der Waals surface area (Å²) in [7, 11) is -3.58. The summed E-state index contributed by atoms with van der Waals surface area (Å²) < 4.78 is 27.2. The number of aromatic nitrogens is 1. The standard InChI is InChI=1S/C12H12BrN3O2S/c13-10-5-12(8-15-7-10)19(17,18)16-6-9-2-1-3-11(14)4-9/h1-5,7-8,16H,6,14H2. The summed E-state index contributed by atoms with van der Waals surface area (Å²) in [6, 6.07) is 8.55. The minimum atomic E-state index is -3.58. The largest absolute Gasteiger partial charge is 0.399 e. The number of benzene rings is 1. The van der Waals surface area contributed by atoms with Crippen molar-refractivity contribution in [3.8, 4) is 0 Å². The highest BCUT2D eigenvalue weighted by Crippen LogP contribution is 2.14. The molecule has 0 aliphatic heterocycles. The van der Waals surface area contributed by atoms with Gasteiger partial charge in [0.1, 0.15) is 4.90 Å². The molecule has 3 N–H and O–H groups in total. The van der Waals surface area contributed by atoms with Crippen molar-refractivity contribution in [2.75, 3.05) is 5.73 Å². The molecule has 5 nitrogen and oxygen atoms in total. The van der Waals surface area contributed by atoms with Crippen LogP contribution in [0, 0.1) is 0 Å². The maximum atomic E-state index is 12.0. The van der Waals surface area contributed by atoms with Gasteiger partial charge in [0.25, 0.3) is 0 Å². The van der Waals surface area contributed by atoms with E-state index in [4.69, 9.17) is 5.73 Å². The number of nitrogens with two attached hydrogens (primary N) is 1. The molecule has 0 amide bonds. The van der Waals surface area contributed by atoms with Gasteiger partial charge in [-0.3, -0.25) is 4.98 Å². The van der Waals surface area contributed by atoms with Crippen LogP contribution < -0.4 is 10.5 Å². The Labute approximate surface area is 120 Å². The van der Waals surface area contributed by atoms with E-state index >= 15 is 0 Å². The van der Waals surface area contributed by atoms with Crippen LogP contribution in [-0.4, -0.2) is 13.4 Å². The minimum Gasteiger partial charge on any atom is -0.399 e. The van der Waals surface area contributed by atoms with E-state index in [2.05, 4.69) is 25.6 Å². The number of nitrogens with zero attached hydrogens (tertiary/aromatic N) is 1. The van der Waals surface area contributed by atoms with E-state index < -0.39 is 10.0 Å². The highest BCUT2D eigenvalue weighted by atomic mass is 79.9. The summed E-state index contributed by atoms with van der Waals surface area (Å²) in [5.74, 6) is 0. The SMILES string of the molecule is Nc1cccc(CNS(=O)(=O)c2cncc(Br)c2)c1. The highest BCUT2D eigenvalue weighted by Gasteiger charge is 2.14. The number of halogens is 1. The van der Waals surface area contributed by atoms with Crippen LogP contribution in [0.3, 0.4) is 0 Å². The molecule has 0 saturated carbocycles. The molecule has 1 heterocycles. The highest BCUT2D eigenvalue weighted by molar-refractivity contribution is 9.10. The molecule has 1 aromatic heterocycles. The predicted molar refractivity (Wildman–Crippen MR) is 76.8 cm³/mol. The van der Waals surface area contributed by atoms with E-state index in [1.807, 2.05) is 0 Å². The molecule has 0 aliphatic rings. The van der Waals surface area contributed by atoms with Gasteiger partial charge in [-0.1, -0.05) is 12.1 Å². The van der Waals surface area contributed by atoms with Crippen molar-refractivity contribution in [1.29, 1.82) is 0 Å². The van der Waals surface area contributed by atoms with Crippen LogP contribution in [0.15, 0.2) is 52.1 Å². The number of nitrogen functional groups attached to an aromatic ring is 1. The Hall–Kier alpha value is -1.44. The maximum Gasteiger partial charge on any atom is 0.242 e. The number of rotatable bonds is 4. The van der Waals surface area contributed by atoms with Crippen LogP contribution in [0.5, 0.6) is 0 Å². The lowest BCUT2D eigenvalue weighted by Crippen LogP contribution is -2.23. The molecule has 0 aliphatic carbocycles. The molecule has 100 valence electrons. The Balaban J connectivity index is 2.14. The zero-order valence-corrected chi connectivity index (χ0v) is 12.3. The van der Waals surface area contributed by atoms with Gasteiger partial charge in [0, 0.05) is 29.1 Å². The number of anilines is 1. The van der Waals surface area contributed by atoms with E-state index in [1.165, 1.54) is 18.5 Å². The molecule has 2 aromatic rings. The van der Waals surface area contributed by atoms with Crippen molar-refractivity contribution in [2.24, 2.45) is 0 Å². The minimum absolute atomic E-state index is 0.116. The quantitative estimate of drug-likeness (QED) is 0.831. The first-order valence-corrected chi connectivity index (χ1v) is 7.69. The maximum absolute atomic E-state index is 12.0. The summed E-state index contributed by atoms with van der Waals surface area (Å²) in [5, 5.41) is 0. The molecule has 0 spiro atoms. The molecule has 1 aromatic carbocycles. The fraction of sp³-hybridized carbons (Fsp3) is 0.0833. The third kappa shape index (κ3) is 3.76. The van der Waals surface area contributed by atoms with E-state index in [0.29, 0.717) is 10.2 Å². The lowest BCUT2D eigenvalue weighted by atomic mass is 10.2. The van der Waals surface area contributed by atoms with Gasteiger partial charge in [-0.2, -0.15) is 0 Å². The normalized spacial score (nSPS) is 11.4. The summed E-state index contributed by atoms with van der Waals surface area (Å²) in [4.78, 5) is 3.95. The number of nitrogens with one attached hydrogen (secondary N) is 1. The van der Waals surface area contributed by atoms with Gasteiger partial charge in [-0.15, -0.1) is 0 Å². The van der Waals surface area contributed by atoms with Gasteiger partial charge in [-0.05, 0) is 39.7 Å². The lowest BCUT2D eigenvalue weighted by Gasteiger charge is -2.07. The Morgan fingerprint density at radius 1 is 1.26 bits per heavy atom. The van der Waals surface area contributed by atoms with Gasteiger partial charge in [0.2, 0.25) is 10.0 Å². The fourth-order valence-electron chi connectivity index (χ4n) is 1.50. The Bertz CT molecular complexity index is 689. The number of sulfonamides is 1. The topological polar surface area (TPSA) is 85.1 Å². The van der Waals surface area contributed by atoms with Crippen molar-refractivity contribution in [3.05, 3.63) is 52.8 Å². The summed E-state index contributed by atoms with van der Waals surface area (Å²) in [5.41, 5.74) is 7.03. The van der Waals surface area contributed by atoms with Crippen LogP contribution in [0.25, 0.3) is 0 Å². The molecule has 0 bridgehead atoms. The van der Waals surface area contributed by atoms with Crippen LogP contribution in [0.1, 0.15) is 5.56 Å². The molecule has 0 atom stereocenters. The van der Waals surface area contributed by atoms with Crippen LogP contribution in [-0.2, 0) is 16.6 Å². The van der Waals surface area contributed by atoms with Gasteiger partial charge < -0.3 is 5.73 Å². The molecule has 19 heavy (non-hydrogen) atoms. The van der Waals surface area contributed by atoms with E-state index in [0.717, 1.165) is 5.56 Å². The van der Waals surface area contributed by atoms with Crippen molar-refractivity contribution < 1.29 is 8.42 Å². The molecule has 7 heteroatoms. The van der Waals surface area contributed by atoms with Gasteiger partial charge >= 0.3 is 0 Å². The van der Waals surface area contributed by atoms with Crippen LogP contribution in [0.2, 0.25) is 0 Å². The zero-order valence-electron chi connectivity index (χ0n) is 9.88. The third-order valence-electron chi connectivity index (χ3n) is 2.41. The first kappa shape index (κ1) is 14.0. The Morgan fingerprint density at radius 2 is 2.05 bits per heavy atom. The van der Waals surface area contributed by atoms with E-state index in [1.54, 1.807) is 24.3 Å². The molecule has 0 fully saturated rings. The summed E-state index contributed by atoms with van der Waals surface area (Å²) in [6.07, 6.45) is 2.82. The van der Waals surface area contributed by atoms with Gasteiger partial charge in [-0.25, -0.2) is 13.1 Å². The monoisotopic (exact) mass is 341 g/mol. The van der Waals surface area contributed by atoms with Gasteiger partial charge in [0.15, 0.2) is 0 Å². The van der Waals surface area contributed by atoms with Crippen LogP contribution in [0.4, 0.5) is 5.69 Å². The average molecular weight is 342 g/mol. The molecule has 0 saturated heterocycles. The Morgan fingerprint density at radius 3 is 2.74 bits per heavy atom. The molecule has 0 unspecified atom stereocenters. The molecule has 0 radical (unpaired) electrons. The molecule has 2 rings (SSSR count). The Kier molecular flexibility index (Phi) is 4.18. The third-order valence-corrected chi connectivity index (χ3v) is 4.21. The number of pyridine rings is 1. The average Bonchev–Trinajstić information content (AvgIpc) is 2.37. The van der Waals surface area contributed by atoms with Crippen molar-refractivity contribution in [2.45, 2.75) is 11.4 Å². The zero-order chi connectivity index (χ0) is 13.9. The molecular formula is C12H12BrN3O2S. The molecular weight excluding hydrogens is 330 g/mol. The van der Waals surface area contributed by atoms with Crippen molar-refractivity contribution in [3.63, 3.8) is 0 Å². The predicted octanol–water partition coefficient (Wildman–Crippen LogP) is 1.90. The fourth-order valence-corrected chi connectivity index (χ4v) is 3.03. The number of hydrogen-bond donors (Lipinski definition) is 2. The first-order valence-electron chi connectivity index (χ1n) is 5.42. The smallest absolute Gasteiger partial charge is 0.242 e. The first-order chi connectivity index (χ1) is 8.97.